The summed E-state index contributed by atoms with van der Waals surface area (Å²) in [5, 5.41) is 0. The van der Waals surface area contributed by atoms with Crippen LogP contribution in [0.4, 0.5) is 0 Å². The van der Waals surface area contributed by atoms with Gasteiger partial charge in [-0.2, -0.15) is 0 Å². The van der Waals surface area contributed by atoms with Crippen LogP contribution in [0.2, 0.25) is 0 Å². The second kappa shape index (κ2) is 8.17. The molecule has 0 radical (unpaired) electrons. The van der Waals surface area contributed by atoms with Gasteiger partial charge in [0.25, 0.3) is 0 Å². The van der Waals surface area contributed by atoms with Gasteiger partial charge in [0.05, 0.1) is 0 Å². The van der Waals surface area contributed by atoms with E-state index in [1.165, 1.54) is 11.7 Å². The average molecular weight is 293 g/mol. The Morgan fingerprint density at radius 3 is 1.69 bits per heavy atom. The second-order valence-electron chi connectivity index (χ2n) is 4.17. The van der Waals surface area contributed by atoms with E-state index in [2.05, 4.69) is 47.6 Å². The van der Waals surface area contributed by atoms with Crippen molar-refractivity contribution in [2.45, 2.75) is 52.9 Å². The fourth-order valence-corrected chi connectivity index (χ4v) is 3.92. The summed E-state index contributed by atoms with van der Waals surface area (Å²) >= 11 is 0. The Labute approximate surface area is 99.0 Å². The molecule has 0 aliphatic rings. The first-order chi connectivity index (χ1) is 5.45. The van der Waals surface area contributed by atoms with Crippen molar-refractivity contribution in [1.29, 1.82) is 0 Å². The molecule has 0 N–H and O–H groups in total. The molecule has 0 aliphatic carbocycles. The molecule has 0 aliphatic heterocycles. The maximum absolute atomic E-state index is 2.39. The zero-order chi connectivity index (χ0) is 9.72. The van der Waals surface area contributed by atoms with E-state index in [-0.39, 0.29) is 28.3 Å². The van der Waals surface area contributed by atoms with E-state index < -0.39 is 0 Å². The van der Waals surface area contributed by atoms with Gasteiger partial charge in [-0.15, -0.1) is 0 Å². The summed E-state index contributed by atoms with van der Waals surface area (Å²) in [6.07, 6.45) is 3.71. The Bertz CT molecular complexity index is 138. The van der Waals surface area contributed by atoms with E-state index in [9.17, 15) is 0 Å². The van der Waals surface area contributed by atoms with Gasteiger partial charge < -0.3 is 0 Å². The Morgan fingerprint density at radius 2 is 1.46 bits per heavy atom. The summed E-state index contributed by atoms with van der Waals surface area (Å²) in [5.41, 5.74) is 3.20. The van der Waals surface area contributed by atoms with Gasteiger partial charge in [-0.25, -0.2) is 0 Å². The third kappa shape index (κ3) is 7.87. The summed E-state index contributed by atoms with van der Waals surface area (Å²) in [6, 6.07) is 0. The molecule has 0 unspecified atom stereocenters. The molecule has 0 aromatic carbocycles. The summed E-state index contributed by atoms with van der Waals surface area (Å²) in [7, 11) is 0.212. The van der Waals surface area contributed by atoms with E-state index in [1.807, 2.05) is 0 Å². The van der Waals surface area contributed by atoms with Gasteiger partial charge in [0.1, 0.15) is 0 Å². The van der Waals surface area contributed by atoms with Crippen molar-refractivity contribution < 1.29 is 20.4 Å². The molecule has 0 atom stereocenters. The van der Waals surface area contributed by atoms with Crippen LogP contribution in [0.25, 0.3) is 0 Å². The predicted molar refractivity (Wildman–Crippen MR) is 61.5 cm³/mol. The van der Waals surface area contributed by atoms with Crippen molar-refractivity contribution in [3.05, 3.63) is 11.6 Å². The molecule has 0 saturated carbocycles. The number of hydrogen-bond donors (Lipinski definition) is 0. The maximum Gasteiger partial charge on any atom is 0 e. The smallest absolute Gasteiger partial charge is 0 e. The molecule has 2 heteroatoms. The molecule has 82 valence electrons. The predicted octanol–water partition coefficient (Wildman–Crippen LogP) is 4.25. The Kier molecular flexibility index (Phi) is 10.2. The summed E-state index contributed by atoms with van der Waals surface area (Å²) < 4.78 is 0. The van der Waals surface area contributed by atoms with Crippen molar-refractivity contribution in [1.82, 2.24) is 0 Å². The van der Waals surface area contributed by atoms with Crippen LogP contribution in [-0.4, -0.2) is 17.5 Å². The van der Waals surface area contributed by atoms with E-state index >= 15 is 0 Å². The van der Waals surface area contributed by atoms with Crippen molar-refractivity contribution in [3.63, 3.8) is 0 Å². The molecule has 0 aromatic heterocycles. The molecule has 0 bridgehead atoms. The van der Waals surface area contributed by atoms with Crippen LogP contribution >= 0.6 is 7.92 Å². The van der Waals surface area contributed by atoms with Crippen molar-refractivity contribution in [2.24, 2.45) is 0 Å². The normalized spacial score (nSPS) is 10.5. The SMILES string of the molecule is CC(C)=CCP(C(C)C)C(C)C.[Pd]. The topological polar surface area (TPSA) is 0 Å². The van der Waals surface area contributed by atoms with Crippen LogP contribution in [-0.2, 0) is 20.4 Å². The Balaban J connectivity index is 0. The van der Waals surface area contributed by atoms with Gasteiger partial charge in [-0.3, -0.25) is 0 Å². The third-order valence-corrected chi connectivity index (χ3v) is 5.29. The largest absolute Gasteiger partial charge is 0.0976 e. The first-order valence-electron chi connectivity index (χ1n) is 4.84. The van der Waals surface area contributed by atoms with Crippen molar-refractivity contribution in [2.75, 3.05) is 6.16 Å². The molecule has 0 saturated heterocycles. The number of rotatable bonds is 4. The molecule has 0 fully saturated rings. The minimum atomic E-state index is 0. The number of hydrogen-bond acceptors (Lipinski definition) is 0. The molecule has 13 heavy (non-hydrogen) atoms. The monoisotopic (exact) mass is 292 g/mol. The standard InChI is InChI=1S/C11H23P.Pd/c1-9(2)7-8-12(10(3)4)11(5)6;/h7,10-11H,8H2,1-6H3;. The summed E-state index contributed by atoms with van der Waals surface area (Å²) in [4.78, 5) is 0. The molecule has 0 amide bonds. The van der Waals surface area contributed by atoms with Crippen LogP contribution in [0.15, 0.2) is 11.6 Å². The quantitative estimate of drug-likeness (QED) is 0.413. The van der Waals surface area contributed by atoms with E-state index in [0.717, 1.165) is 11.3 Å². The zero-order valence-electron chi connectivity index (χ0n) is 9.70. The second-order valence-corrected chi connectivity index (χ2v) is 7.62. The molecule has 0 heterocycles. The van der Waals surface area contributed by atoms with Gasteiger partial charge >= 0.3 is 0 Å². The number of allylic oxidation sites excluding steroid dienone is 2. The maximum atomic E-state index is 2.39. The van der Waals surface area contributed by atoms with Crippen LogP contribution in [0.1, 0.15) is 41.5 Å². The third-order valence-electron chi connectivity index (χ3n) is 2.04. The zero-order valence-corrected chi connectivity index (χ0v) is 12.2. The van der Waals surface area contributed by atoms with Crippen LogP contribution < -0.4 is 0 Å². The van der Waals surface area contributed by atoms with Crippen LogP contribution in [0.5, 0.6) is 0 Å². The van der Waals surface area contributed by atoms with E-state index in [4.69, 9.17) is 0 Å². The summed E-state index contributed by atoms with van der Waals surface area (Å²) in [5.74, 6) is 0. The van der Waals surface area contributed by atoms with E-state index in [0.29, 0.717) is 0 Å². The van der Waals surface area contributed by atoms with Gasteiger partial charge in [-0.1, -0.05) is 47.3 Å². The van der Waals surface area contributed by atoms with Gasteiger partial charge in [0.15, 0.2) is 0 Å². The Morgan fingerprint density at radius 1 is 1.08 bits per heavy atom. The van der Waals surface area contributed by atoms with Gasteiger partial charge in [0, 0.05) is 20.4 Å². The molecule has 0 nitrogen and oxygen atoms in total. The molecule has 0 spiro atoms. The summed E-state index contributed by atoms with van der Waals surface area (Å²) in [6.45, 7) is 13.8. The Hall–Kier alpha value is 0.832. The first-order valence-corrected chi connectivity index (χ1v) is 6.50. The average Bonchev–Trinajstić information content (AvgIpc) is 1.84. The van der Waals surface area contributed by atoms with E-state index in [1.54, 1.807) is 0 Å². The minimum Gasteiger partial charge on any atom is -0.0976 e. The van der Waals surface area contributed by atoms with Gasteiger partial charge in [0.2, 0.25) is 0 Å². The minimum absolute atomic E-state index is 0. The van der Waals surface area contributed by atoms with Crippen LogP contribution in [0.3, 0.4) is 0 Å². The molecular formula is C11H23PPd. The van der Waals surface area contributed by atoms with Crippen molar-refractivity contribution >= 4 is 7.92 Å². The molecular weight excluding hydrogens is 270 g/mol. The van der Waals surface area contributed by atoms with Gasteiger partial charge in [-0.05, 0) is 31.3 Å². The molecule has 0 aromatic rings. The fourth-order valence-electron chi connectivity index (χ4n) is 1.31. The first kappa shape index (κ1) is 16.3. The molecule has 0 rings (SSSR count). The van der Waals surface area contributed by atoms with Crippen LogP contribution in [0, 0.1) is 0 Å². The fraction of sp³-hybridized carbons (Fsp3) is 0.818. The van der Waals surface area contributed by atoms with Crippen molar-refractivity contribution in [3.8, 4) is 0 Å².